The highest BCUT2D eigenvalue weighted by Gasteiger charge is 2.22. The van der Waals surface area contributed by atoms with Gasteiger partial charge in [0.1, 0.15) is 18.2 Å². The molecule has 1 aromatic carbocycles. The van der Waals surface area contributed by atoms with Gasteiger partial charge in [0.15, 0.2) is 0 Å². The summed E-state index contributed by atoms with van der Waals surface area (Å²) in [4.78, 5) is 0. The van der Waals surface area contributed by atoms with Crippen molar-refractivity contribution >= 4 is 8.07 Å². The molecule has 0 amide bonds. The summed E-state index contributed by atoms with van der Waals surface area (Å²) in [5.74, 6) is 0.491. The second kappa shape index (κ2) is 7.37. The van der Waals surface area contributed by atoms with Gasteiger partial charge in [-0.1, -0.05) is 50.7 Å². The van der Waals surface area contributed by atoms with Crippen LogP contribution in [0.25, 0.3) is 0 Å². The van der Waals surface area contributed by atoms with Crippen molar-refractivity contribution in [2.75, 3.05) is 6.61 Å². The van der Waals surface area contributed by atoms with Gasteiger partial charge in [-0.05, 0) is 24.3 Å². The molecule has 0 aliphatic carbocycles. The lowest BCUT2D eigenvalue weighted by atomic mass is 10.3. The highest BCUT2D eigenvalue weighted by Crippen LogP contribution is 2.21. The van der Waals surface area contributed by atoms with Crippen LogP contribution in [-0.2, 0) is 0 Å². The minimum atomic E-state index is -1.19. The molecule has 1 rings (SSSR count). The lowest BCUT2D eigenvalue weighted by molar-refractivity contribution is 0.362. The summed E-state index contributed by atoms with van der Waals surface area (Å²) < 4.78 is 18.3. The predicted molar refractivity (Wildman–Crippen MR) is 78.2 cm³/mol. The molecule has 0 aromatic heterocycles. The molecule has 0 atom stereocenters. The quantitative estimate of drug-likeness (QED) is 0.644. The zero-order valence-electron chi connectivity index (χ0n) is 11.6. The SMILES string of the molecule is CC[Si](/C=C/COc1ccc(F)cc1)(CC)CC. The topological polar surface area (TPSA) is 9.23 Å². The summed E-state index contributed by atoms with van der Waals surface area (Å²) in [5.41, 5.74) is 2.40. The first-order valence-electron chi connectivity index (χ1n) is 6.72. The van der Waals surface area contributed by atoms with Crippen molar-refractivity contribution in [3.8, 4) is 5.75 Å². The van der Waals surface area contributed by atoms with Crippen LogP contribution in [0, 0.1) is 5.82 Å². The fraction of sp³-hybridized carbons (Fsp3) is 0.467. The van der Waals surface area contributed by atoms with Gasteiger partial charge in [-0.15, -0.1) is 0 Å². The molecule has 18 heavy (non-hydrogen) atoms. The van der Waals surface area contributed by atoms with Crippen LogP contribution >= 0.6 is 0 Å². The third-order valence-electron chi connectivity index (χ3n) is 3.74. The van der Waals surface area contributed by atoms with Gasteiger partial charge in [0.05, 0.1) is 8.07 Å². The van der Waals surface area contributed by atoms with Crippen molar-refractivity contribution in [1.29, 1.82) is 0 Å². The molecule has 0 bridgehead atoms. The highest BCUT2D eigenvalue weighted by molar-refractivity contribution is 6.84. The average Bonchev–Trinajstić information content (AvgIpc) is 2.42. The molecular formula is C15H23FOSi. The van der Waals surface area contributed by atoms with E-state index in [2.05, 4.69) is 32.5 Å². The van der Waals surface area contributed by atoms with Gasteiger partial charge >= 0.3 is 0 Å². The molecular weight excluding hydrogens is 243 g/mol. The van der Waals surface area contributed by atoms with Crippen LogP contribution in [0.5, 0.6) is 5.75 Å². The van der Waals surface area contributed by atoms with Gasteiger partial charge in [-0.2, -0.15) is 0 Å². The molecule has 0 aliphatic rings. The van der Waals surface area contributed by atoms with Gasteiger partial charge in [-0.25, -0.2) is 4.39 Å². The molecule has 1 aromatic rings. The number of halogens is 1. The molecule has 0 saturated carbocycles. The van der Waals surface area contributed by atoms with E-state index in [9.17, 15) is 4.39 Å². The lowest BCUT2D eigenvalue weighted by Crippen LogP contribution is -2.28. The molecule has 0 unspecified atom stereocenters. The van der Waals surface area contributed by atoms with E-state index in [0.29, 0.717) is 6.61 Å². The smallest absolute Gasteiger partial charge is 0.123 e. The maximum Gasteiger partial charge on any atom is 0.123 e. The van der Waals surface area contributed by atoms with Crippen molar-refractivity contribution in [3.63, 3.8) is 0 Å². The Kier molecular flexibility index (Phi) is 6.12. The largest absolute Gasteiger partial charge is 0.490 e. The van der Waals surface area contributed by atoms with Crippen LogP contribution in [0.3, 0.4) is 0 Å². The Morgan fingerprint density at radius 1 is 1.06 bits per heavy atom. The summed E-state index contributed by atoms with van der Waals surface area (Å²) in [6.07, 6.45) is 2.13. The first-order valence-corrected chi connectivity index (χ1v) is 9.41. The van der Waals surface area contributed by atoms with E-state index in [1.165, 1.54) is 30.3 Å². The van der Waals surface area contributed by atoms with Crippen molar-refractivity contribution in [3.05, 3.63) is 41.9 Å². The minimum Gasteiger partial charge on any atom is -0.490 e. The normalized spacial score (nSPS) is 12.0. The molecule has 0 fully saturated rings. The highest BCUT2D eigenvalue weighted by atomic mass is 28.3. The fourth-order valence-electron chi connectivity index (χ4n) is 2.08. The lowest BCUT2D eigenvalue weighted by Gasteiger charge is -2.23. The van der Waals surface area contributed by atoms with Crippen molar-refractivity contribution in [2.24, 2.45) is 0 Å². The summed E-state index contributed by atoms with van der Waals surface area (Å²) in [6.45, 7) is 7.42. The third-order valence-corrected chi connectivity index (χ3v) is 8.91. The Morgan fingerprint density at radius 2 is 1.61 bits per heavy atom. The molecule has 0 spiro atoms. The van der Waals surface area contributed by atoms with E-state index >= 15 is 0 Å². The van der Waals surface area contributed by atoms with E-state index in [1.807, 2.05) is 0 Å². The van der Waals surface area contributed by atoms with Crippen LogP contribution in [0.15, 0.2) is 36.0 Å². The number of hydrogen-bond donors (Lipinski definition) is 0. The van der Waals surface area contributed by atoms with E-state index in [0.717, 1.165) is 5.75 Å². The molecule has 0 radical (unpaired) electrons. The van der Waals surface area contributed by atoms with Crippen molar-refractivity contribution in [1.82, 2.24) is 0 Å². The molecule has 3 heteroatoms. The van der Waals surface area contributed by atoms with Gasteiger partial charge in [0.2, 0.25) is 0 Å². The minimum absolute atomic E-state index is 0.229. The Balaban J connectivity index is 2.47. The third kappa shape index (κ3) is 4.30. The van der Waals surface area contributed by atoms with E-state index < -0.39 is 8.07 Å². The van der Waals surface area contributed by atoms with Gasteiger partial charge < -0.3 is 4.74 Å². The summed E-state index contributed by atoms with van der Waals surface area (Å²) in [6, 6.07) is 10.0. The molecule has 0 heterocycles. The van der Waals surface area contributed by atoms with Gasteiger partial charge in [-0.3, -0.25) is 0 Å². The Hall–Kier alpha value is -1.09. The molecule has 0 N–H and O–H groups in total. The summed E-state index contributed by atoms with van der Waals surface area (Å²) in [7, 11) is -1.19. The zero-order chi connectivity index (χ0) is 13.4. The number of hydrogen-bond acceptors (Lipinski definition) is 1. The average molecular weight is 266 g/mol. The monoisotopic (exact) mass is 266 g/mol. The fourth-order valence-corrected chi connectivity index (χ4v) is 4.88. The number of benzene rings is 1. The van der Waals surface area contributed by atoms with Crippen LogP contribution in [-0.4, -0.2) is 14.7 Å². The first-order chi connectivity index (χ1) is 8.65. The molecule has 0 saturated heterocycles. The predicted octanol–water partition coefficient (Wildman–Crippen LogP) is 4.81. The standard InChI is InChI=1S/C15H23FOSi/c1-4-18(5-2,6-3)13-7-12-17-15-10-8-14(16)9-11-15/h7-11,13H,4-6,12H2,1-3H3/b13-7+. The van der Waals surface area contributed by atoms with E-state index in [4.69, 9.17) is 4.74 Å². The van der Waals surface area contributed by atoms with Crippen molar-refractivity contribution in [2.45, 2.75) is 38.9 Å². The second-order valence-corrected chi connectivity index (χ2v) is 9.77. The molecule has 100 valence electrons. The van der Waals surface area contributed by atoms with E-state index in [1.54, 1.807) is 12.1 Å². The van der Waals surface area contributed by atoms with Crippen LogP contribution in [0.2, 0.25) is 18.1 Å². The van der Waals surface area contributed by atoms with E-state index in [-0.39, 0.29) is 5.82 Å². The maximum absolute atomic E-state index is 12.7. The van der Waals surface area contributed by atoms with Crippen LogP contribution in [0.1, 0.15) is 20.8 Å². The van der Waals surface area contributed by atoms with Crippen LogP contribution < -0.4 is 4.74 Å². The Morgan fingerprint density at radius 3 is 2.11 bits per heavy atom. The second-order valence-electron chi connectivity index (χ2n) is 4.59. The zero-order valence-corrected chi connectivity index (χ0v) is 12.6. The number of ether oxygens (including phenoxy) is 1. The summed E-state index contributed by atoms with van der Waals surface area (Å²) in [5, 5.41) is 0. The van der Waals surface area contributed by atoms with Gasteiger partial charge in [0.25, 0.3) is 0 Å². The molecule has 0 aliphatic heterocycles. The Bertz CT molecular complexity index is 360. The van der Waals surface area contributed by atoms with Gasteiger partial charge in [0, 0.05) is 0 Å². The first kappa shape index (κ1) is 15.0. The summed E-state index contributed by atoms with van der Waals surface area (Å²) >= 11 is 0. The molecule has 1 nitrogen and oxygen atoms in total. The number of rotatable bonds is 7. The maximum atomic E-state index is 12.7. The van der Waals surface area contributed by atoms with Crippen molar-refractivity contribution < 1.29 is 9.13 Å². The Labute approximate surface area is 111 Å². The van der Waals surface area contributed by atoms with Crippen LogP contribution in [0.4, 0.5) is 4.39 Å².